The Labute approximate surface area is 142 Å². The van der Waals surface area contributed by atoms with Gasteiger partial charge in [0, 0.05) is 6.92 Å². The van der Waals surface area contributed by atoms with Crippen LogP contribution in [-0.4, -0.2) is 14.3 Å². The van der Waals surface area contributed by atoms with Gasteiger partial charge in [0.1, 0.15) is 0 Å². The molecule has 0 aliphatic heterocycles. The molecule has 0 bridgehead atoms. The summed E-state index contributed by atoms with van der Waals surface area (Å²) in [6, 6.07) is 11.2. The highest BCUT2D eigenvalue weighted by Gasteiger charge is 2.18. The molecule has 0 aliphatic carbocycles. The van der Waals surface area contributed by atoms with E-state index in [9.17, 15) is 13.2 Å². The Morgan fingerprint density at radius 2 is 1.71 bits per heavy atom. The number of benzene rings is 2. The normalized spacial score (nSPS) is 11.2. The highest BCUT2D eigenvalue weighted by Crippen LogP contribution is 2.27. The van der Waals surface area contributed by atoms with Gasteiger partial charge in [0.05, 0.1) is 21.2 Å². The number of hydrogen-bond donors (Lipinski definition) is 2. The molecule has 0 saturated carbocycles. The van der Waals surface area contributed by atoms with Gasteiger partial charge in [-0.05, 0) is 48.7 Å². The van der Waals surface area contributed by atoms with Gasteiger partial charge in [-0.3, -0.25) is 4.79 Å². The summed E-state index contributed by atoms with van der Waals surface area (Å²) in [6.07, 6.45) is 3.11. The number of carbonyl (C=O) groups is 1. The van der Waals surface area contributed by atoms with Crippen molar-refractivity contribution in [2.75, 3.05) is 11.1 Å². The molecule has 128 valence electrons. The largest absolute Gasteiger partial charge is 0.397 e. The van der Waals surface area contributed by atoms with E-state index in [1.54, 1.807) is 12.1 Å². The predicted octanol–water partition coefficient (Wildman–Crippen LogP) is 3.40. The maximum absolute atomic E-state index is 12.7. The molecule has 2 aromatic rings. The Balaban J connectivity index is 2.29. The van der Waals surface area contributed by atoms with Crippen molar-refractivity contribution in [3.63, 3.8) is 0 Å². The van der Waals surface area contributed by atoms with Gasteiger partial charge in [0.15, 0.2) is 0 Å². The number of carbonyl (C=O) groups excluding carboxylic acids is 1. The van der Waals surface area contributed by atoms with E-state index in [1.165, 1.54) is 25.1 Å². The van der Waals surface area contributed by atoms with Crippen molar-refractivity contribution in [3.8, 4) is 0 Å². The number of aryl methyl sites for hydroxylation is 1. The molecule has 0 fully saturated rings. The van der Waals surface area contributed by atoms with E-state index in [0.717, 1.165) is 24.8 Å². The Hall–Kier alpha value is -2.34. The van der Waals surface area contributed by atoms with Crippen molar-refractivity contribution < 1.29 is 13.2 Å². The molecule has 0 unspecified atom stereocenters. The highest BCUT2D eigenvalue weighted by atomic mass is 32.2. The zero-order valence-corrected chi connectivity index (χ0v) is 14.7. The molecule has 0 aromatic heterocycles. The van der Waals surface area contributed by atoms with Gasteiger partial charge in [-0.15, -0.1) is 0 Å². The van der Waals surface area contributed by atoms with E-state index in [-0.39, 0.29) is 21.4 Å². The summed E-state index contributed by atoms with van der Waals surface area (Å²) in [4.78, 5) is 11.4. The number of anilines is 2. The average molecular weight is 346 g/mol. The molecule has 6 heteroatoms. The SMILES string of the molecule is CCCCc1ccc(S(=O)(=O)c2ccc(NC(C)=O)c(N)c2)cc1. The van der Waals surface area contributed by atoms with Crippen LogP contribution in [0.2, 0.25) is 0 Å². The van der Waals surface area contributed by atoms with Crippen LogP contribution >= 0.6 is 0 Å². The van der Waals surface area contributed by atoms with Crippen LogP contribution in [0.25, 0.3) is 0 Å². The first-order valence-corrected chi connectivity index (χ1v) is 9.34. The molecule has 0 spiro atoms. The summed E-state index contributed by atoms with van der Waals surface area (Å²) in [7, 11) is -3.64. The minimum absolute atomic E-state index is 0.107. The smallest absolute Gasteiger partial charge is 0.221 e. The van der Waals surface area contributed by atoms with Gasteiger partial charge in [-0.1, -0.05) is 25.5 Å². The summed E-state index contributed by atoms with van der Waals surface area (Å²) in [5.41, 5.74) is 7.58. The van der Waals surface area contributed by atoms with Gasteiger partial charge >= 0.3 is 0 Å². The Morgan fingerprint density at radius 3 is 2.25 bits per heavy atom. The minimum atomic E-state index is -3.64. The third-order valence-electron chi connectivity index (χ3n) is 3.70. The molecular weight excluding hydrogens is 324 g/mol. The number of sulfone groups is 1. The van der Waals surface area contributed by atoms with Gasteiger partial charge in [-0.2, -0.15) is 0 Å². The maximum atomic E-state index is 12.7. The van der Waals surface area contributed by atoms with E-state index in [2.05, 4.69) is 12.2 Å². The zero-order valence-electron chi connectivity index (χ0n) is 13.9. The lowest BCUT2D eigenvalue weighted by Crippen LogP contribution is -2.09. The topological polar surface area (TPSA) is 89.3 Å². The lowest BCUT2D eigenvalue weighted by atomic mass is 10.1. The second kappa shape index (κ2) is 7.49. The average Bonchev–Trinajstić information content (AvgIpc) is 2.54. The van der Waals surface area contributed by atoms with Gasteiger partial charge in [-0.25, -0.2) is 8.42 Å². The van der Waals surface area contributed by atoms with Crippen LogP contribution in [0, 0.1) is 0 Å². The fourth-order valence-corrected chi connectivity index (χ4v) is 3.66. The van der Waals surface area contributed by atoms with Crippen LogP contribution in [0.3, 0.4) is 0 Å². The molecule has 0 heterocycles. The summed E-state index contributed by atoms with van der Waals surface area (Å²) in [5, 5.41) is 2.56. The summed E-state index contributed by atoms with van der Waals surface area (Å²) >= 11 is 0. The third kappa shape index (κ3) is 4.14. The van der Waals surface area contributed by atoms with E-state index in [0.29, 0.717) is 5.69 Å². The quantitative estimate of drug-likeness (QED) is 0.785. The van der Waals surface area contributed by atoms with E-state index >= 15 is 0 Å². The van der Waals surface area contributed by atoms with E-state index in [4.69, 9.17) is 5.73 Å². The lowest BCUT2D eigenvalue weighted by molar-refractivity contribution is -0.114. The first-order chi connectivity index (χ1) is 11.3. The van der Waals surface area contributed by atoms with Gasteiger partial charge in [0.2, 0.25) is 15.7 Å². The fraction of sp³-hybridized carbons (Fsp3) is 0.278. The first-order valence-electron chi connectivity index (χ1n) is 7.85. The van der Waals surface area contributed by atoms with Crippen LogP contribution in [0.5, 0.6) is 0 Å². The number of unbranched alkanes of at least 4 members (excludes halogenated alkanes) is 1. The Morgan fingerprint density at radius 1 is 1.08 bits per heavy atom. The van der Waals surface area contributed by atoms with Crippen molar-refractivity contribution in [1.82, 2.24) is 0 Å². The third-order valence-corrected chi connectivity index (χ3v) is 5.46. The van der Waals surface area contributed by atoms with Crippen molar-refractivity contribution in [2.24, 2.45) is 0 Å². The number of nitrogens with two attached hydrogens (primary N) is 1. The van der Waals surface area contributed by atoms with Crippen LogP contribution in [-0.2, 0) is 21.1 Å². The molecule has 0 saturated heterocycles. The molecule has 3 N–H and O–H groups in total. The van der Waals surface area contributed by atoms with E-state index < -0.39 is 9.84 Å². The number of nitrogen functional groups attached to an aromatic ring is 1. The highest BCUT2D eigenvalue weighted by molar-refractivity contribution is 7.91. The number of nitrogens with one attached hydrogen (secondary N) is 1. The van der Waals surface area contributed by atoms with Crippen molar-refractivity contribution >= 4 is 27.1 Å². The maximum Gasteiger partial charge on any atom is 0.221 e. The second-order valence-corrected chi connectivity index (χ2v) is 7.63. The van der Waals surface area contributed by atoms with Crippen LogP contribution in [0.4, 0.5) is 11.4 Å². The molecular formula is C18H22N2O3S. The molecule has 24 heavy (non-hydrogen) atoms. The summed E-state index contributed by atoms with van der Waals surface area (Å²) in [5.74, 6) is -0.264. The lowest BCUT2D eigenvalue weighted by Gasteiger charge is -2.10. The summed E-state index contributed by atoms with van der Waals surface area (Å²) in [6.45, 7) is 3.48. The Kier molecular flexibility index (Phi) is 5.62. The molecule has 1 amide bonds. The van der Waals surface area contributed by atoms with Crippen LogP contribution in [0.15, 0.2) is 52.3 Å². The Bertz CT molecular complexity index is 828. The molecule has 0 atom stereocenters. The van der Waals surface area contributed by atoms with Gasteiger partial charge in [0.25, 0.3) is 0 Å². The predicted molar refractivity (Wildman–Crippen MR) is 95.7 cm³/mol. The molecule has 0 aliphatic rings. The molecule has 0 radical (unpaired) electrons. The minimum Gasteiger partial charge on any atom is -0.397 e. The van der Waals surface area contributed by atoms with Gasteiger partial charge < -0.3 is 11.1 Å². The first kappa shape index (κ1) is 18.0. The molecule has 2 rings (SSSR count). The molecule has 5 nitrogen and oxygen atoms in total. The monoisotopic (exact) mass is 346 g/mol. The number of rotatable bonds is 6. The molecule has 2 aromatic carbocycles. The van der Waals surface area contributed by atoms with E-state index in [1.807, 2.05) is 12.1 Å². The second-order valence-electron chi connectivity index (χ2n) is 5.68. The van der Waals surface area contributed by atoms with Crippen molar-refractivity contribution in [1.29, 1.82) is 0 Å². The number of amides is 1. The standard InChI is InChI=1S/C18H22N2O3S/c1-3-4-5-14-6-8-15(9-7-14)24(22,23)16-10-11-18(17(19)12-16)20-13(2)21/h6-12H,3-5,19H2,1-2H3,(H,20,21). The van der Waals surface area contributed by atoms with Crippen molar-refractivity contribution in [2.45, 2.75) is 42.9 Å². The van der Waals surface area contributed by atoms with Crippen LogP contribution in [0.1, 0.15) is 32.3 Å². The van der Waals surface area contributed by atoms with Crippen LogP contribution < -0.4 is 11.1 Å². The zero-order chi connectivity index (χ0) is 17.7. The summed E-state index contributed by atoms with van der Waals surface area (Å²) < 4.78 is 25.4. The van der Waals surface area contributed by atoms with Crippen molar-refractivity contribution in [3.05, 3.63) is 48.0 Å². The fourth-order valence-electron chi connectivity index (χ4n) is 2.36. The number of hydrogen-bond acceptors (Lipinski definition) is 4.